The van der Waals surface area contributed by atoms with E-state index in [9.17, 15) is 4.79 Å². The predicted molar refractivity (Wildman–Crippen MR) is 105 cm³/mol. The smallest absolute Gasteiger partial charge is 0.314 e. The van der Waals surface area contributed by atoms with Crippen molar-refractivity contribution < 1.29 is 9.53 Å². The number of urea groups is 1. The van der Waals surface area contributed by atoms with Gasteiger partial charge in [-0.3, -0.25) is 0 Å². The lowest BCUT2D eigenvalue weighted by molar-refractivity contribution is 0.239. The maximum atomic E-state index is 11.7. The fraction of sp³-hybridized carbons (Fsp3) is 0.316. The summed E-state index contributed by atoms with van der Waals surface area (Å²) in [5.41, 5.74) is 1.29. The topological polar surface area (TPSA) is 50.4 Å². The molecule has 0 atom stereocenters. The molecule has 0 aliphatic carbocycles. The molecule has 0 aliphatic heterocycles. The molecular formula is C19H22BrClN2O2. The first-order chi connectivity index (χ1) is 12.1. The summed E-state index contributed by atoms with van der Waals surface area (Å²) < 4.78 is 6.51. The Morgan fingerprint density at radius 3 is 2.48 bits per heavy atom. The van der Waals surface area contributed by atoms with Gasteiger partial charge >= 0.3 is 6.03 Å². The van der Waals surface area contributed by atoms with Crippen LogP contribution in [0, 0.1) is 0 Å². The van der Waals surface area contributed by atoms with E-state index in [1.807, 2.05) is 30.3 Å². The highest BCUT2D eigenvalue weighted by Gasteiger charge is 2.03. The van der Waals surface area contributed by atoms with Gasteiger partial charge < -0.3 is 15.4 Å². The Labute approximate surface area is 162 Å². The van der Waals surface area contributed by atoms with Crippen LogP contribution in [0.15, 0.2) is 53.0 Å². The van der Waals surface area contributed by atoms with Crippen molar-refractivity contribution in [2.45, 2.75) is 19.3 Å². The fourth-order valence-corrected chi connectivity index (χ4v) is 2.98. The van der Waals surface area contributed by atoms with Gasteiger partial charge in [-0.2, -0.15) is 0 Å². The number of hydrogen-bond donors (Lipinski definition) is 2. The lowest BCUT2D eigenvalue weighted by Crippen LogP contribution is -2.37. The molecule has 4 nitrogen and oxygen atoms in total. The molecule has 2 aromatic carbocycles. The van der Waals surface area contributed by atoms with Crippen LogP contribution in [0.4, 0.5) is 4.79 Å². The predicted octanol–water partition coefficient (Wildman–Crippen LogP) is 4.80. The average Bonchev–Trinajstić information content (AvgIpc) is 2.61. The van der Waals surface area contributed by atoms with E-state index in [2.05, 4.69) is 38.7 Å². The molecular weight excluding hydrogens is 404 g/mol. The molecule has 0 saturated carbocycles. The van der Waals surface area contributed by atoms with Crippen LogP contribution in [0.2, 0.25) is 5.02 Å². The Kier molecular flexibility index (Phi) is 8.63. The number of amides is 2. The normalized spacial score (nSPS) is 10.3. The summed E-state index contributed by atoms with van der Waals surface area (Å²) in [5, 5.41) is 6.25. The Bertz CT molecular complexity index is 668. The number of rotatable bonds is 9. The second kappa shape index (κ2) is 11.0. The molecule has 25 heavy (non-hydrogen) atoms. The molecule has 0 spiro atoms. The van der Waals surface area contributed by atoms with Gasteiger partial charge in [0.1, 0.15) is 5.75 Å². The van der Waals surface area contributed by atoms with E-state index < -0.39 is 0 Å². The van der Waals surface area contributed by atoms with Crippen LogP contribution in [0.3, 0.4) is 0 Å². The monoisotopic (exact) mass is 424 g/mol. The fourth-order valence-electron chi connectivity index (χ4n) is 2.25. The SMILES string of the molecule is O=C(NCCCOc1ccc(Br)cc1Cl)NCCCc1ccccc1. The van der Waals surface area contributed by atoms with E-state index in [1.165, 1.54) is 5.56 Å². The van der Waals surface area contributed by atoms with Gasteiger partial charge in [-0.15, -0.1) is 0 Å². The van der Waals surface area contributed by atoms with Crippen molar-refractivity contribution in [3.8, 4) is 5.75 Å². The van der Waals surface area contributed by atoms with Crippen LogP contribution in [0.25, 0.3) is 0 Å². The lowest BCUT2D eigenvalue weighted by Gasteiger charge is -2.10. The average molecular weight is 426 g/mol. The first-order valence-corrected chi connectivity index (χ1v) is 9.46. The van der Waals surface area contributed by atoms with Crippen molar-refractivity contribution in [1.29, 1.82) is 0 Å². The highest BCUT2D eigenvalue weighted by atomic mass is 79.9. The maximum Gasteiger partial charge on any atom is 0.314 e. The highest BCUT2D eigenvalue weighted by molar-refractivity contribution is 9.10. The number of halogens is 2. The van der Waals surface area contributed by atoms with Crippen LogP contribution in [0.5, 0.6) is 5.75 Å². The molecule has 0 radical (unpaired) electrons. The first kappa shape index (κ1) is 19.6. The number of aryl methyl sites for hydroxylation is 1. The summed E-state index contributed by atoms with van der Waals surface area (Å²) >= 11 is 9.42. The van der Waals surface area contributed by atoms with Crippen molar-refractivity contribution in [1.82, 2.24) is 10.6 Å². The zero-order chi connectivity index (χ0) is 17.9. The van der Waals surface area contributed by atoms with Gasteiger partial charge in [0.2, 0.25) is 0 Å². The van der Waals surface area contributed by atoms with Gasteiger partial charge in [-0.1, -0.05) is 57.9 Å². The Morgan fingerprint density at radius 1 is 1.04 bits per heavy atom. The molecule has 2 aromatic rings. The number of ether oxygens (including phenoxy) is 1. The number of hydrogen-bond acceptors (Lipinski definition) is 2. The third-order valence-corrected chi connectivity index (χ3v) is 4.32. The quantitative estimate of drug-likeness (QED) is 0.567. The van der Waals surface area contributed by atoms with E-state index in [4.69, 9.17) is 16.3 Å². The number of benzene rings is 2. The Balaban J connectivity index is 1.50. The lowest BCUT2D eigenvalue weighted by atomic mass is 10.1. The van der Waals surface area contributed by atoms with Gasteiger partial charge in [0.25, 0.3) is 0 Å². The Hall–Kier alpha value is -1.72. The largest absolute Gasteiger partial charge is 0.492 e. The summed E-state index contributed by atoms with van der Waals surface area (Å²) in [6, 6.07) is 15.6. The van der Waals surface area contributed by atoms with E-state index in [0.717, 1.165) is 17.3 Å². The first-order valence-electron chi connectivity index (χ1n) is 8.28. The van der Waals surface area contributed by atoms with Crippen molar-refractivity contribution in [2.75, 3.05) is 19.7 Å². The summed E-state index contributed by atoms with van der Waals surface area (Å²) in [5.74, 6) is 0.648. The molecule has 0 fully saturated rings. The molecule has 0 heterocycles. The van der Waals surface area contributed by atoms with Crippen LogP contribution >= 0.6 is 27.5 Å². The third-order valence-electron chi connectivity index (χ3n) is 3.53. The Morgan fingerprint density at radius 2 is 1.76 bits per heavy atom. The minimum atomic E-state index is -0.144. The summed E-state index contributed by atoms with van der Waals surface area (Å²) in [6.07, 6.45) is 2.59. The van der Waals surface area contributed by atoms with Gasteiger partial charge in [0.05, 0.1) is 11.6 Å². The highest BCUT2D eigenvalue weighted by Crippen LogP contribution is 2.27. The summed E-state index contributed by atoms with van der Waals surface area (Å²) in [7, 11) is 0. The van der Waals surface area contributed by atoms with E-state index in [0.29, 0.717) is 36.9 Å². The second-order valence-corrected chi connectivity index (χ2v) is 6.87. The minimum Gasteiger partial charge on any atom is -0.492 e. The molecule has 2 amide bonds. The number of carbonyl (C=O) groups excluding carboxylic acids is 1. The van der Waals surface area contributed by atoms with Gasteiger partial charge in [-0.05, 0) is 43.0 Å². The molecule has 0 aromatic heterocycles. The number of nitrogens with one attached hydrogen (secondary N) is 2. The molecule has 0 saturated heterocycles. The number of carbonyl (C=O) groups is 1. The van der Waals surface area contributed by atoms with Crippen molar-refractivity contribution >= 4 is 33.6 Å². The minimum absolute atomic E-state index is 0.144. The second-order valence-electron chi connectivity index (χ2n) is 5.55. The van der Waals surface area contributed by atoms with Crippen molar-refractivity contribution in [2.24, 2.45) is 0 Å². The van der Waals surface area contributed by atoms with E-state index in [-0.39, 0.29) is 6.03 Å². The molecule has 134 valence electrons. The van der Waals surface area contributed by atoms with Gasteiger partial charge in [0.15, 0.2) is 0 Å². The third kappa shape index (κ3) is 7.80. The zero-order valence-corrected chi connectivity index (χ0v) is 16.3. The molecule has 6 heteroatoms. The molecule has 2 N–H and O–H groups in total. The molecule has 0 aliphatic rings. The van der Waals surface area contributed by atoms with E-state index >= 15 is 0 Å². The molecule has 0 unspecified atom stereocenters. The summed E-state index contributed by atoms with van der Waals surface area (Å²) in [6.45, 7) is 1.71. The summed E-state index contributed by atoms with van der Waals surface area (Å²) in [4.78, 5) is 11.7. The van der Waals surface area contributed by atoms with Crippen molar-refractivity contribution in [3.63, 3.8) is 0 Å². The maximum absolute atomic E-state index is 11.7. The van der Waals surface area contributed by atoms with Gasteiger partial charge in [0, 0.05) is 17.6 Å². The van der Waals surface area contributed by atoms with Crippen LogP contribution in [-0.2, 0) is 6.42 Å². The zero-order valence-electron chi connectivity index (χ0n) is 13.9. The van der Waals surface area contributed by atoms with Crippen LogP contribution in [-0.4, -0.2) is 25.7 Å². The standard InChI is InChI=1S/C19H22BrClN2O2/c20-16-9-10-18(17(21)14-16)25-13-5-12-23-19(24)22-11-4-8-15-6-2-1-3-7-15/h1-3,6-7,9-10,14H,4-5,8,11-13H2,(H2,22,23,24). The molecule has 2 rings (SSSR count). The molecule has 0 bridgehead atoms. The van der Waals surface area contributed by atoms with Crippen molar-refractivity contribution in [3.05, 3.63) is 63.6 Å². The van der Waals surface area contributed by atoms with E-state index in [1.54, 1.807) is 6.07 Å². The van der Waals surface area contributed by atoms with Crippen LogP contribution < -0.4 is 15.4 Å². The van der Waals surface area contributed by atoms with Gasteiger partial charge in [-0.25, -0.2) is 4.79 Å². The van der Waals surface area contributed by atoms with Crippen LogP contribution in [0.1, 0.15) is 18.4 Å².